The highest BCUT2D eigenvalue weighted by molar-refractivity contribution is 7.90. The number of fused-ring (bicyclic) bond motifs is 6. The Bertz CT molecular complexity index is 1510. The molecule has 39 heavy (non-hydrogen) atoms. The van der Waals surface area contributed by atoms with Crippen LogP contribution in [0.15, 0.2) is 47.6 Å². The van der Waals surface area contributed by atoms with E-state index >= 15 is 0 Å². The molecule has 10 nitrogen and oxygen atoms in total. The van der Waals surface area contributed by atoms with Gasteiger partial charge in [0.1, 0.15) is 11.6 Å². The summed E-state index contributed by atoms with van der Waals surface area (Å²) in [7, 11) is -2.35. The highest BCUT2D eigenvalue weighted by atomic mass is 32.2. The summed E-state index contributed by atoms with van der Waals surface area (Å²) < 4.78 is 30.7. The van der Waals surface area contributed by atoms with E-state index in [1.807, 2.05) is 17.8 Å². The van der Waals surface area contributed by atoms with E-state index in [4.69, 9.17) is 4.98 Å². The quantitative estimate of drug-likeness (QED) is 0.462. The largest absolute Gasteiger partial charge is 0.362 e. The molecule has 1 amide bonds. The standard InChI is InChI=1S/C28H37N7O3S/c1-27(2,3)22-13-11-19-25(31-22)35-17-18(16-28(35,4)5)10-12-20(21-14-15-29-34(21)6)30-23-8-7-9-24(32-23)39(37,38)33-26(19)36/h7-9,11,13-15,18,20H,10,12,16-17H2,1-6H3,(H,30,32)(H,33,36)/t18-,20?/m0/s1. The SMILES string of the molecule is Cn1nccc1C1CC[C@@H]2CN(c3nc(C(C)(C)C)ccc3C(=O)NS(=O)(=O)c3cccc(n3)N1)C(C)(C)C2. The molecule has 5 heterocycles. The van der Waals surface area contributed by atoms with Crippen LogP contribution in [0, 0.1) is 5.92 Å². The number of hydrogen-bond donors (Lipinski definition) is 2. The van der Waals surface area contributed by atoms with Gasteiger partial charge in [-0.2, -0.15) is 13.5 Å². The number of aromatic nitrogens is 4. The Morgan fingerprint density at radius 2 is 1.82 bits per heavy atom. The number of carbonyl (C=O) groups is 1. The number of hydrogen-bond acceptors (Lipinski definition) is 8. The second-order valence-electron chi connectivity index (χ2n) is 12.3. The maximum Gasteiger partial charge on any atom is 0.281 e. The van der Waals surface area contributed by atoms with Crippen LogP contribution in [0.4, 0.5) is 11.6 Å². The number of sulfonamides is 1. The molecule has 5 rings (SSSR count). The van der Waals surface area contributed by atoms with Crippen LogP contribution in [-0.4, -0.2) is 46.2 Å². The summed E-state index contributed by atoms with van der Waals surface area (Å²) in [6.07, 6.45) is 4.39. The van der Waals surface area contributed by atoms with Crippen LogP contribution in [0.2, 0.25) is 0 Å². The first-order chi connectivity index (χ1) is 18.2. The normalized spacial score (nSPS) is 22.7. The molecule has 2 N–H and O–H groups in total. The second-order valence-corrected chi connectivity index (χ2v) is 13.9. The molecule has 1 unspecified atom stereocenters. The summed E-state index contributed by atoms with van der Waals surface area (Å²) in [6, 6.07) is 10.1. The van der Waals surface area contributed by atoms with Crippen LogP contribution in [0.1, 0.15) is 81.7 Å². The van der Waals surface area contributed by atoms with Gasteiger partial charge in [0.15, 0.2) is 5.03 Å². The molecule has 0 aliphatic carbocycles. The van der Waals surface area contributed by atoms with Gasteiger partial charge in [-0.25, -0.2) is 14.7 Å². The molecular formula is C28H37N7O3S. The van der Waals surface area contributed by atoms with E-state index in [0.717, 1.165) is 30.7 Å². The van der Waals surface area contributed by atoms with Crippen molar-refractivity contribution in [3.63, 3.8) is 0 Å². The van der Waals surface area contributed by atoms with Gasteiger partial charge in [-0.15, -0.1) is 0 Å². The topological polar surface area (TPSA) is 122 Å². The minimum Gasteiger partial charge on any atom is -0.362 e. The fraction of sp³-hybridized carbons (Fsp3) is 0.500. The van der Waals surface area contributed by atoms with Gasteiger partial charge in [0.05, 0.1) is 17.3 Å². The lowest BCUT2D eigenvalue weighted by molar-refractivity contribution is 0.0981. The van der Waals surface area contributed by atoms with Crippen LogP contribution in [0.5, 0.6) is 0 Å². The van der Waals surface area contributed by atoms with Crippen molar-refractivity contribution in [1.82, 2.24) is 24.5 Å². The van der Waals surface area contributed by atoms with Crippen molar-refractivity contribution >= 4 is 27.6 Å². The number of anilines is 2. The maximum atomic E-state index is 13.5. The Labute approximate surface area is 230 Å². The molecule has 0 spiro atoms. The smallest absolute Gasteiger partial charge is 0.281 e. The molecule has 4 bridgehead atoms. The first kappa shape index (κ1) is 27.1. The summed E-state index contributed by atoms with van der Waals surface area (Å²) >= 11 is 0. The molecule has 2 atom stereocenters. The highest BCUT2D eigenvalue weighted by Crippen LogP contribution is 2.41. The van der Waals surface area contributed by atoms with Gasteiger partial charge in [-0.05, 0) is 69.4 Å². The minimum atomic E-state index is -4.25. The van der Waals surface area contributed by atoms with E-state index in [1.54, 1.807) is 30.5 Å². The van der Waals surface area contributed by atoms with Gasteiger partial charge in [-0.3, -0.25) is 9.48 Å². The molecule has 3 aromatic heterocycles. The molecule has 1 fully saturated rings. The van der Waals surface area contributed by atoms with Crippen LogP contribution < -0.4 is 14.9 Å². The Morgan fingerprint density at radius 1 is 1.05 bits per heavy atom. The lowest BCUT2D eigenvalue weighted by atomic mass is 9.90. The first-order valence-electron chi connectivity index (χ1n) is 13.3. The van der Waals surface area contributed by atoms with Crippen LogP contribution in [-0.2, 0) is 22.5 Å². The van der Waals surface area contributed by atoms with Crippen molar-refractivity contribution in [2.45, 2.75) is 75.9 Å². The van der Waals surface area contributed by atoms with Gasteiger partial charge in [0.25, 0.3) is 15.9 Å². The Morgan fingerprint density at radius 3 is 2.51 bits per heavy atom. The average molecular weight is 552 g/mol. The van der Waals surface area contributed by atoms with Crippen molar-refractivity contribution in [3.05, 3.63) is 59.5 Å². The molecule has 208 valence electrons. The third-order valence-electron chi connectivity index (χ3n) is 7.73. The molecule has 2 aliphatic heterocycles. The number of nitrogens with zero attached hydrogens (tertiary/aromatic N) is 5. The zero-order valence-electron chi connectivity index (χ0n) is 23.4. The number of nitrogens with one attached hydrogen (secondary N) is 2. The molecule has 0 saturated carbocycles. The second kappa shape index (κ2) is 9.62. The predicted molar refractivity (Wildman–Crippen MR) is 150 cm³/mol. The number of pyridine rings is 2. The van der Waals surface area contributed by atoms with Crippen LogP contribution in [0.3, 0.4) is 0 Å². The van der Waals surface area contributed by atoms with Crippen molar-refractivity contribution in [3.8, 4) is 0 Å². The monoisotopic (exact) mass is 551 g/mol. The summed E-state index contributed by atoms with van der Waals surface area (Å²) in [5, 5.41) is 7.54. The molecule has 2 aliphatic rings. The van der Waals surface area contributed by atoms with E-state index in [1.165, 1.54) is 6.07 Å². The van der Waals surface area contributed by atoms with Crippen molar-refractivity contribution in [1.29, 1.82) is 0 Å². The van der Waals surface area contributed by atoms with E-state index < -0.39 is 15.9 Å². The summed E-state index contributed by atoms with van der Waals surface area (Å²) in [6.45, 7) is 11.2. The lowest BCUT2D eigenvalue weighted by Crippen LogP contribution is -2.41. The van der Waals surface area contributed by atoms with Gasteiger partial charge in [-0.1, -0.05) is 26.8 Å². The Hall–Kier alpha value is -3.47. The average Bonchev–Trinajstić information content (AvgIpc) is 3.41. The molecular weight excluding hydrogens is 514 g/mol. The maximum absolute atomic E-state index is 13.5. The van der Waals surface area contributed by atoms with Crippen molar-refractivity contribution < 1.29 is 13.2 Å². The van der Waals surface area contributed by atoms with E-state index in [2.05, 4.69) is 59.6 Å². The Balaban J connectivity index is 1.64. The van der Waals surface area contributed by atoms with Gasteiger partial charge in [0.2, 0.25) is 0 Å². The third-order valence-corrected chi connectivity index (χ3v) is 8.96. The van der Waals surface area contributed by atoms with Crippen molar-refractivity contribution in [2.75, 3.05) is 16.8 Å². The van der Waals surface area contributed by atoms with Crippen molar-refractivity contribution in [2.24, 2.45) is 13.0 Å². The van der Waals surface area contributed by atoms with E-state index in [-0.39, 0.29) is 27.6 Å². The van der Waals surface area contributed by atoms with Crippen LogP contribution in [0.25, 0.3) is 0 Å². The fourth-order valence-corrected chi connectivity index (χ4v) is 6.61. The fourth-order valence-electron chi connectivity index (χ4n) is 5.68. The summed E-state index contributed by atoms with van der Waals surface area (Å²) in [4.78, 5) is 25.0. The zero-order chi connectivity index (χ0) is 28.2. The van der Waals surface area contributed by atoms with Gasteiger partial charge in [0, 0.05) is 36.4 Å². The molecule has 11 heteroatoms. The number of carbonyl (C=O) groups excluding carboxylic acids is 1. The van der Waals surface area contributed by atoms with E-state index in [9.17, 15) is 13.2 Å². The molecule has 1 saturated heterocycles. The summed E-state index contributed by atoms with van der Waals surface area (Å²) in [5.41, 5.74) is 1.53. The third kappa shape index (κ3) is 5.36. The lowest BCUT2D eigenvalue weighted by Gasteiger charge is -2.34. The minimum absolute atomic E-state index is 0.127. The van der Waals surface area contributed by atoms with Gasteiger partial charge < -0.3 is 10.2 Å². The number of rotatable bonds is 1. The predicted octanol–water partition coefficient (Wildman–Crippen LogP) is 4.18. The van der Waals surface area contributed by atoms with E-state index in [0.29, 0.717) is 24.1 Å². The first-order valence-corrected chi connectivity index (χ1v) is 14.8. The summed E-state index contributed by atoms with van der Waals surface area (Å²) in [5.74, 6) is 0.555. The number of aryl methyl sites for hydroxylation is 1. The zero-order valence-corrected chi connectivity index (χ0v) is 24.2. The van der Waals surface area contributed by atoms with Gasteiger partial charge >= 0.3 is 0 Å². The molecule has 3 aromatic rings. The molecule has 0 radical (unpaired) electrons. The highest BCUT2D eigenvalue weighted by Gasteiger charge is 2.41. The molecule has 0 aromatic carbocycles. The number of amides is 1. The Kier molecular flexibility index (Phi) is 6.69. The van der Waals surface area contributed by atoms with Crippen LogP contribution >= 0.6 is 0 Å².